The maximum Gasteiger partial charge on any atom is 0.0736 e. The van der Waals surface area contributed by atoms with E-state index < -0.39 is 0 Å². The number of benzene rings is 1. The van der Waals surface area contributed by atoms with Crippen LogP contribution in [0.4, 0.5) is 11.4 Å². The van der Waals surface area contributed by atoms with Gasteiger partial charge in [-0.1, -0.05) is 29.3 Å². The predicted octanol–water partition coefficient (Wildman–Crippen LogP) is 3.63. The van der Waals surface area contributed by atoms with E-state index in [0.29, 0.717) is 15.7 Å². The molecule has 0 aliphatic heterocycles. The summed E-state index contributed by atoms with van der Waals surface area (Å²) in [4.78, 5) is 3.94. The lowest BCUT2D eigenvalue weighted by molar-refractivity contribution is 1.02. The van der Waals surface area contributed by atoms with E-state index in [9.17, 15) is 0 Å². The molecule has 0 saturated carbocycles. The Morgan fingerprint density at radius 1 is 1.17 bits per heavy atom. The van der Waals surface area contributed by atoms with Gasteiger partial charge >= 0.3 is 0 Å². The molecule has 94 valence electrons. The monoisotopic (exact) mass is 281 g/mol. The van der Waals surface area contributed by atoms with E-state index in [0.717, 1.165) is 24.2 Å². The molecule has 2 rings (SSSR count). The largest absolute Gasteiger partial charge is 0.396 e. The molecule has 18 heavy (non-hydrogen) atoms. The van der Waals surface area contributed by atoms with Gasteiger partial charge in [-0.15, -0.1) is 0 Å². The standard InChI is InChI=1S/C13H13Cl2N3/c14-10-2-1-9(7-11(10)15)3-6-18-13-4-5-17-8-12(13)16/h1-2,4-5,7-8H,3,6,16H2,(H,17,18). The second kappa shape index (κ2) is 5.94. The van der Waals surface area contributed by atoms with Crippen molar-refractivity contribution >= 4 is 34.6 Å². The Labute approximate surface area is 116 Å². The molecule has 3 nitrogen and oxygen atoms in total. The van der Waals surface area contributed by atoms with E-state index in [1.807, 2.05) is 18.2 Å². The zero-order valence-corrected chi connectivity index (χ0v) is 11.2. The van der Waals surface area contributed by atoms with Gasteiger partial charge < -0.3 is 11.1 Å². The summed E-state index contributed by atoms with van der Waals surface area (Å²) >= 11 is 11.8. The third-order valence-corrected chi connectivity index (χ3v) is 3.30. The van der Waals surface area contributed by atoms with Crippen LogP contribution in [0, 0.1) is 0 Å². The summed E-state index contributed by atoms with van der Waals surface area (Å²) < 4.78 is 0. The highest BCUT2D eigenvalue weighted by Gasteiger charge is 2.01. The molecule has 0 aliphatic rings. The van der Waals surface area contributed by atoms with Crippen LogP contribution in [0.25, 0.3) is 0 Å². The topological polar surface area (TPSA) is 50.9 Å². The van der Waals surface area contributed by atoms with Crippen molar-refractivity contribution in [1.82, 2.24) is 4.98 Å². The third kappa shape index (κ3) is 3.28. The zero-order chi connectivity index (χ0) is 13.0. The smallest absolute Gasteiger partial charge is 0.0736 e. The Hall–Kier alpha value is -1.45. The number of hydrogen-bond acceptors (Lipinski definition) is 3. The van der Waals surface area contributed by atoms with E-state index in [4.69, 9.17) is 28.9 Å². The van der Waals surface area contributed by atoms with E-state index >= 15 is 0 Å². The average Bonchev–Trinajstić information content (AvgIpc) is 2.36. The molecule has 0 amide bonds. The van der Waals surface area contributed by atoms with Gasteiger partial charge in [0.25, 0.3) is 0 Å². The van der Waals surface area contributed by atoms with E-state index in [1.165, 1.54) is 0 Å². The van der Waals surface area contributed by atoms with Crippen LogP contribution in [0.2, 0.25) is 10.0 Å². The number of aromatic nitrogens is 1. The van der Waals surface area contributed by atoms with E-state index in [1.54, 1.807) is 18.5 Å². The summed E-state index contributed by atoms with van der Waals surface area (Å²) in [6.45, 7) is 0.770. The van der Waals surface area contributed by atoms with E-state index in [-0.39, 0.29) is 0 Å². The summed E-state index contributed by atoms with van der Waals surface area (Å²) in [6.07, 6.45) is 4.18. The summed E-state index contributed by atoms with van der Waals surface area (Å²) in [7, 11) is 0. The Bertz CT molecular complexity index is 544. The number of pyridine rings is 1. The molecule has 2 aromatic rings. The van der Waals surface area contributed by atoms with Crippen LogP contribution < -0.4 is 11.1 Å². The van der Waals surface area contributed by atoms with E-state index in [2.05, 4.69) is 10.3 Å². The molecule has 0 radical (unpaired) electrons. The number of hydrogen-bond donors (Lipinski definition) is 2. The van der Waals surface area contributed by atoms with Gasteiger partial charge in [0.2, 0.25) is 0 Å². The lowest BCUT2D eigenvalue weighted by atomic mass is 10.1. The first-order chi connectivity index (χ1) is 8.66. The van der Waals surface area contributed by atoms with Crippen LogP contribution >= 0.6 is 23.2 Å². The van der Waals surface area contributed by atoms with Gasteiger partial charge in [0.1, 0.15) is 0 Å². The fourth-order valence-corrected chi connectivity index (χ4v) is 1.92. The molecule has 1 heterocycles. The first-order valence-corrected chi connectivity index (χ1v) is 6.29. The fourth-order valence-electron chi connectivity index (χ4n) is 1.60. The molecule has 0 spiro atoms. The van der Waals surface area contributed by atoms with Gasteiger partial charge in [0, 0.05) is 12.7 Å². The van der Waals surface area contributed by atoms with Crippen molar-refractivity contribution in [2.75, 3.05) is 17.6 Å². The number of anilines is 2. The van der Waals surface area contributed by atoms with Crippen LogP contribution in [0.1, 0.15) is 5.56 Å². The third-order valence-electron chi connectivity index (χ3n) is 2.57. The van der Waals surface area contributed by atoms with Gasteiger partial charge in [-0.05, 0) is 30.2 Å². The van der Waals surface area contributed by atoms with Crippen LogP contribution in [0.15, 0.2) is 36.7 Å². The molecule has 0 unspecified atom stereocenters. The molecule has 0 fully saturated rings. The number of nitrogens with zero attached hydrogens (tertiary/aromatic N) is 1. The normalized spacial score (nSPS) is 10.3. The molecule has 0 saturated heterocycles. The lowest BCUT2D eigenvalue weighted by Crippen LogP contribution is -2.07. The van der Waals surface area contributed by atoms with Gasteiger partial charge in [-0.2, -0.15) is 0 Å². The van der Waals surface area contributed by atoms with Crippen LogP contribution in [0.3, 0.4) is 0 Å². The summed E-state index contributed by atoms with van der Waals surface area (Å²) in [6, 6.07) is 7.50. The van der Waals surface area contributed by atoms with Crippen molar-refractivity contribution in [1.29, 1.82) is 0 Å². The van der Waals surface area contributed by atoms with Gasteiger partial charge in [0.05, 0.1) is 27.6 Å². The lowest BCUT2D eigenvalue weighted by Gasteiger charge is -2.09. The first kappa shape index (κ1) is 13.0. The second-order valence-electron chi connectivity index (χ2n) is 3.89. The molecular weight excluding hydrogens is 269 g/mol. The molecular formula is C13H13Cl2N3. The highest BCUT2D eigenvalue weighted by Crippen LogP contribution is 2.23. The highest BCUT2D eigenvalue weighted by molar-refractivity contribution is 6.42. The Morgan fingerprint density at radius 2 is 2.00 bits per heavy atom. The molecule has 3 N–H and O–H groups in total. The fraction of sp³-hybridized carbons (Fsp3) is 0.154. The SMILES string of the molecule is Nc1cnccc1NCCc1ccc(Cl)c(Cl)c1. The van der Waals surface area contributed by atoms with Crippen LogP contribution in [-0.2, 0) is 6.42 Å². The zero-order valence-electron chi connectivity index (χ0n) is 9.66. The molecule has 0 atom stereocenters. The van der Waals surface area contributed by atoms with Crippen LogP contribution in [0.5, 0.6) is 0 Å². The molecule has 0 bridgehead atoms. The minimum Gasteiger partial charge on any atom is -0.396 e. The summed E-state index contributed by atoms with van der Waals surface area (Å²) in [5.74, 6) is 0. The quantitative estimate of drug-likeness (QED) is 0.900. The van der Waals surface area contributed by atoms with Gasteiger partial charge in [-0.25, -0.2) is 0 Å². The van der Waals surface area contributed by atoms with Crippen molar-refractivity contribution in [2.24, 2.45) is 0 Å². The average molecular weight is 282 g/mol. The number of rotatable bonds is 4. The maximum atomic E-state index is 5.95. The Kier molecular flexibility index (Phi) is 4.28. The first-order valence-electron chi connectivity index (χ1n) is 5.54. The Morgan fingerprint density at radius 3 is 2.72 bits per heavy atom. The van der Waals surface area contributed by atoms with Crippen molar-refractivity contribution in [3.8, 4) is 0 Å². The van der Waals surface area contributed by atoms with Gasteiger partial charge in [-0.3, -0.25) is 4.98 Å². The van der Waals surface area contributed by atoms with Crippen molar-refractivity contribution in [3.63, 3.8) is 0 Å². The molecule has 1 aromatic heterocycles. The minimum atomic E-state index is 0.576. The number of nitrogen functional groups attached to an aromatic ring is 1. The summed E-state index contributed by atoms with van der Waals surface area (Å²) in [5.41, 5.74) is 8.45. The van der Waals surface area contributed by atoms with Crippen molar-refractivity contribution < 1.29 is 0 Å². The minimum absolute atomic E-state index is 0.576. The van der Waals surface area contributed by atoms with Crippen molar-refractivity contribution in [3.05, 3.63) is 52.3 Å². The highest BCUT2D eigenvalue weighted by atomic mass is 35.5. The predicted molar refractivity (Wildman–Crippen MR) is 77.3 cm³/mol. The Balaban J connectivity index is 1.92. The molecule has 5 heteroatoms. The molecule has 0 aliphatic carbocycles. The second-order valence-corrected chi connectivity index (χ2v) is 4.70. The number of nitrogens with two attached hydrogens (primary N) is 1. The van der Waals surface area contributed by atoms with Gasteiger partial charge in [0.15, 0.2) is 0 Å². The summed E-state index contributed by atoms with van der Waals surface area (Å²) in [5, 5.41) is 4.41. The molecule has 1 aromatic carbocycles. The maximum absolute atomic E-state index is 5.95. The number of nitrogens with one attached hydrogen (secondary N) is 1. The van der Waals surface area contributed by atoms with Crippen LogP contribution in [-0.4, -0.2) is 11.5 Å². The van der Waals surface area contributed by atoms with Crippen molar-refractivity contribution in [2.45, 2.75) is 6.42 Å². The number of halogens is 2.